The van der Waals surface area contributed by atoms with Gasteiger partial charge in [0.2, 0.25) is 0 Å². The molecule has 1 nitrogen and oxygen atoms in total. The van der Waals surface area contributed by atoms with Gasteiger partial charge in [0.25, 0.3) is 0 Å². The second-order valence-corrected chi connectivity index (χ2v) is 5.49. The Bertz CT molecular complexity index is 439. The van der Waals surface area contributed by atoms with Crippen molar-refractivity contribution in [2.24, 2.45) is 0 Å². The molecule has 0 saturated carbocycles. The number of nitrogens with zero attached hydrogens (tertiary/aromatic N) is 1. The fourth-order valence-corrected chi connectivity index (χ4v) is 2.72. The van der Waals surface area contributed by atoms with Gasteiger partial charge in [-0.2, -0.15) is 0 Å². The molecule has 0 atom stereocenters. The normalized spacial score (nSPS) is 11.1. The minimum absolute atomic E-state index is 0.656. The first kappa shape index (κ1) is 16.0. The molecule has 0 unspecified atom stereocenters. The van der Waals surface area contributed by atoms with E-state index in [1.54, 1.807) is 6.07 Å². The maximum atomic E-state index is 6.26. The van der Waals surface area contributed by atoms with Crippen LogP contribution in [-0.4, -0.2) is 24.1 Å². The first-order valence-electron chi connectivity index (χ1n) is 6.18. The zero-order chi connectivity index (χ0) is 14.3. The summed E-state index contributed by atoms with van der Waals surface area (Å²) in [6.07, 6.45) is 5.78. The molecule has 3 heteroatoms. The summed E-state index contributed by atoms with van der Waals surface area (Å²) >= 11 is 12.2. The van der Waals surface area contributed by atoms with Gasteiger partial charge in [0, 0.05) is 10.6 Å². The summed E-state index contributed by atoms with van der Waals surface area (Å²) in [5.41, 5.74) is 1.08. The lowest BCUT2D eigenvalue weighted by molar-refractivity contribution is -0.924. The highest BCUT2D eigenvalue weighted by molar-refractivity contribution is 6.35. The van der Waals surface area contributed by atoms with E-state index in [0.29, 0.717) is 10.0 Å². The molecular formula is C16H20Cl2N+. The summed E-state index contributed by atoms with van der Waals surface area (Å²) < 4.78 is 0.790. The number of hydrogen-bond acceptors (Lipinski definition) is 0. The summed E-state index contributed by atoms with van der Waals surface area (Å²) in [7, 11) is 0. The van der Waals surface area contributed by atoms with Crippen LogP contribution in [0.25, 0.3) is 0 Å². The van der Waals surface area contributed by atoms with Gasteiger partial charge in [-0.3, -0.25) is 0 Å². The topological polar surface area (TPSA) is 0 Å². The molecule has 0 radical (unpaired) electrons. The van der Waals surface area contributed by atoms with Crippen molar-refractivity contribution in [1.29, 1.82) is 0 Å². The van der Waals surface area contributed by atoms with Crippen molar-refractivity contribution >= 4 is 23.2 Å². The lowest BCUT2D eigenvalue weighted by Crippen LogP contribution is -2.47. The van der Waals surface area contributed by atoms with Gasteiger partial charge < -0.3 is 4.48 Å². The van der Waals surface area contributed by atoms with E-state index in [0.717, 1.165) is 36.2 Å². The van der Waals surface area contributed by atoms with Crippen molar-refractivity contribution in [1.82, 2.24) is 0 Å². The SMILES string of the molecule is C=CC[N+](CC=C)(CC=C)Cc1ccc(Cl)cc1Cl. The molecule has 0 bridgehead atoms. The Morgan fingerprint density at radius 2 is 1.47 bits per heavy atom. The summed E-state index contributed by atoms with van der Waals surface area (Å²) in [5, 5.41) is 1.36. The van der Waals surface area contributed by atoms with E-state index in [2.05, 4.69) is 19.7 Å². The quantitative estimate of drug-likeness (QED) is 0.474. The van der Waals surface area contributed by atoms with Crippen LogP contribution in [0.1, 0.15) is 5.56 Å². The Labute approximate surface area is 126 Å². The third-order valence-corrected chi connectivity index (χ3v) is 3.66. The van der Waals surface area contributed by atoms with E-state index in [1.165, 1.54) is 0 Å². The second-order valence-electron chi connectivity index (χ2n) is 4.65. The zero-order valence-electron chi connectivity index (χ0n) is 11.1. The van der Waals surface area contributed by atoms with E-state index >= 15 is 0 Å². The van der Waals surface area contributed by atoms with Crippen LogP contribution in [0.15, 0.2) is 56.2 Å². The average Bonchev–Trinajstić information content (AvgIpc) is 2.34. The molecule has 0 aliphatic carbocycles. The molecule has 0 amide bonds. The van der Waals surface area contributed by atoms with Crippen LogP contribution in [0.3, 0.4) is 0 Å². The molecular weight excluding hydrogens is 277 g/mol. The Kier molecular flexibility index (Phi) is 6.36. The van der Waals surface area contributed by atoms with Crippen molar-refractivity contribution < 1.29 is 4.48 Å². The highest BCUT2D eigenvalue weighted by Gasteiger charge is 2.24. The fraction of sp³-hybridized carbons (Fsp3) is 0.250. The van der Waals surface area contributed by atoms with Gasteiger partial charge in [-0.25, -0.2) is 0 Å². The first-order valence-corrected chi connectivity index (χ1v) is 6.94. The summed E-state index contributed by atoms with van der Waals surface area (Å²) in [6, 6.07) is 5.63. The summed E-state index contributed by atoms with van der Waals surface area (Å²) in [6.45, 7) is 14.9. The third kappa shape index (κ3) is 4.54. The average molecular weight is 297 g/mol. The highest BCUT2D eigenvalue weighted by atomic mass is 35.5. The maximum Gasteiger partial charge on any atom is 0.107 e. The Morgan fingerprint density at radius 3 is 1.89 bits per heavy atom. The molecule has 0 aromatic heterocycles. The van der Waals surface area contributed by atoms with Crippen LogP contribution >= 0.6 is 23.2 Å². The molecule has 0 N–H and O–H groups in total. The third-order valence-electron chi connectivity index (χ3n) is 3.07. The van der Waals surface area contributed by atoms with Crippen molar-refractivity contribution in [2.75, 3.05) is 19.6 Å². The van der Waals surface area contributed by atoms with Gasteiger partial charge in [-0.15, -0.1) is 0 Å². The lowest BCUT2D eigenvalue weighted by atomic mass is 10.1. The van der Waals surface area contributed by atoms with Crippen LogP contribution in [0, 0.1) is 0 Å². The summed E-state index contributed by atoms with van der Waals surface area (Å²) in [5.74, 6) is 0. The predicted molar refractivity (Wildman–Crippen MR) is 85.6 cm³/mol. The van der Waals surface area contributed by atoms with Crippen molar-refractivity contribution in [3.05, 3.63) is 71.8 Å². The molecule has 1 rings (SSSR count). The smallest absolute Gasteiger partial charge is 0.107 e. The molecule has 0 aliphatic heterocycles. The van der Waals surface area contributed by atoms with E-state index in [4.69, 9.17) is 23.2 Å². The predicted octanol–water partition coefficient (Wildman–Crippen LogP) is 4.87. The molecule has 0 aliphatic rings. The van der Waals surface area contributed by atoms with Crippen LogP contribution in [0.5, 0.6) is 0 Å². The van der Waals surface area contributed by atoms with Crippen molar-refractivity contribution in [2.45, 2.75) is 6.54 Å². The number of rotatable bonds is 8. The monoisotopic (exact) mass is 296 g/mol. The largest absolute Gasteiger partial charge is 0.310 e. The van der Waals surface area contributed by atoms with E-state index < -0.39 is 0 Å². The van der Waals surface area contributed by atoms with E-state index in [1.807, 2.05) is 30.4 Å². The Hall–Kier alpha value is -1.02. The first-order chi connectivity index (χ1) is 9.06. The zero-order valence-corrected chi connectivity index (χ0v) is 12.6. The minimum Gasteiger partial charge on any atom is -0.310 e. The Balaban J connectivity index is 3.06. The molecule has 19 heavy (non-hydrogen) atoms. The molecule has 0 heterocycles. The second kappa shape index (κ2) is 7.54. The molecule has 1 aromatic carbocycles. The van der Waals surface area contributed by atoms with E-state index in [-0.39, 0.29) is 0 Å². The van der Waals surface area contributed by atoms with Gasteiger partial charge in [0.15, 0.2) is 0 Å². The van der Waals surface area contributed by atoms with Gasteiger partial charge in [0.1, 0.15) is 6.54 Å². The molecule has 0 fully saturated rings. The van der Waals surface area contributed by atoms with Crippen LogP contribution < -0.4 is 0 Å². The molecule has 0 saturated heterocycles. The van der Waals surface area contributed by atoms with Gasteiger partial charge in [0.05, 0.1) is 24.7 Å². The van der Waals surface area contributed by atoms with Gasteiger partial charge in [-0.05, 0) is 30.4 Å². The van der Waals surface area contributed by atoms with Crippen molar-refractivity contribution in [3.8, 4) is 0 Å². The number of halogens is 2. The van der Waals surface area contributed by atoms with Crippen molar-refractivity contribution in [3.63, 3.8) is 0 Å². The fourth-order valence-electron chi connectivity index (χ4n) is 2.25. The molecule has 102 valence electrons. The standard InChI is InChI=1S/C16H20Cl2N/c1-4-9-19(10-5-2,11-6-3)13-14-7-8-15(17)12-16(14)18/h4-8,12H,1-3,9-11,13H2/q+1. The highest BCUT2D eigenvalue weighted by Crippen LogP contribution is 2.25. The minimum atomic E-state index is 0.656. The number of quaternary nitrogens is 1. The van der Waals surface area contributed by atoms with Crippen LogP contribution in [-0.2, 0) is 6.54 Å². The lowest BCUT2D eigenvalue weighted by Gasteiger charge is -2.36. The summed E-state index contributed by atoms with van der Waals surface area (Å²) in [4.78, 5) is 0. The number of hydrogen-bond donors (Lipinski definition) is 0. The molecule has 0 spiro atoms. The van der Waals surface area contributed by atoms with Crippen LogP contribution in [0.2, 0.25) is 10.0 Å². The van der Waals surface area contributed by atoms with E-state index in [9.17, 15) is 0 Å². The van der Waals surface area contributed by atoms with Gasteiger partial charge >= 0.3 is 0 Å². The number of benzene rings is 1. The maximum absolute atomic E-state index is 6.26. The molecule has 1 aromatic rings. The van der Waals surface area contributed by atoms with Gasteiger partial charge in [-0.1, -0.05) is 49.0 Å². The van der Waals surface area contributed by atoms with Crippen LogP contribution in [0.4, 0.5) is 0 Å². The Morgan fingerprint density at radius 1 is 0.947 bits per heavy atom.